The Hall–Kier alpha value is 0.270. The van der Waals surface area contributed by atoms with Crippen LogP contribution in [0.2, 0.25) is 0 Å². The molecule has 1 heterocycles. The van der Waals surface area contributed by atoms with Gasteiger partial charge in [0.15, 0.2) is 0 Å². The van der Waals surface area contributed by atoms with Gasteiger partial charge in [0.2, 0.25) is 0 Å². The first kappa shape index (κ1) is 13.3. The maximum atomic E-state index is 3.61. The third-order valence-corrected chi connectivity index (χ3v) is 4.63. The Bertz CT molecular complexity index is 176. The van der Waals surface area contributed by atoms with Crippen LogP contribution in [0.5, 0.6) is 0 Å². The minimum Gasteiger partial charge on any atom is -0.311 e. The van der Waals surface area contributed by atoms with Crippen molar-refractivity contribution in [3.8, 4) is 0 Å². The molecular weight excluding hydrogens is 204 g/mol. The predicted molar refractivity (Wildman–Crippen MR) is 70.7 cm³/mol. The van der Waals surface area contributed by atoms with Gasteiger partial charge in [-0.2, -0.15) is 11.8 Å². The highest BCUT2D eigenvalue weighted by Gasteiger charge is 2.20. The molecule has 1 saturated heterocycles. The van der Waals surface area contributed by atoms with Crippen molar-refractivity contribution in [1.82, 2.24) is 10.2 Å². The van der Waals surface area contributed by atoms with Gasteiger partial charge in [-0.3, -0.25) is 0 Å². The molecule has 1 atom stereocenters. The number of rotatable bonds is 6. The minimum atomic E-state index is 0.297. The molecular formula is C12H26N2S. The smallest absolute Gasteiger partial charge is 0.0191 e. The lowest BCUT2D eigenvalue weighted by molar-refractivity contribution is 0.247. The lowest BCUT2D eigenvalue weighted by Crippen LogP contribution is -2.44. The molecule has 0 aromatic rings. The summed E-state index contributed by atoms with van der Waals surface area (Å²) in [5.74, 6) is 2.68. The molecule has 2 nitrogen and oxygen atoms in total. The third kappa shape index (κ3) is 4.75. The monoisotopic (exact) mass is 230 g/mol. The van der Waals surface area contributed by atoms with Gasteiger partial charge in [0.05, 0.1) is 0 Å². The summed E-state index contributed by atoms with van der Waals surface area (Å²) in [7, 11) is 2.26. The number of likely N-dealkylation sites (N-methyl/N-ethyl adjacent to an activating group) is 1. The van der Waals surface area contributed by atoms with Crippen molar-refractivity contribution in [2.45, 2.75) is 45.2 Å². The largest absolute Gasteiger partial charge is 0.311 e. The van der Waals surface area contributed by atoms with Crippen molar-refractivity contribution >= 4 is 11.8 Å². The maximum absolute atomic E-state index is 3.61. The van der Waals surface area contributed by atoms with Crippen LogP contribution in [0.4, 0.5) is 0 Å². The van der Waals surface area contributed by atoms with Gasteiger partial charge in [0.25, 0.3) is 0 Å². The zero-order valence-electron chi connectivity index (χ0n) is 10.7. The Labute approximate surface area is 99.2 Å². The van der Waals surface area contributed by atoms with Crippen molar-refractivity contribution in [3.05, 3.63) is 0 Å². The molecule has 0 spiro atoms. The van der Waals surface area contributed by atoms with Crippen LogP contribution >= 0.6 is 11.8 Å². The lowest BCUT2D eigenvalue weighted by atomic mass is 10.0. The summed E-state index contributed by atoms with van der Waals surface area (Å²) in [6.07, 6.45) is 2.56. The zero-order chi connectivity index (χ0) is 11.3. The summed E-state index contributed by atoms with van der Waals surface area (Å²) < 4.78 is 0. The average Bonchev–Trinajstić information content (AvgIpc) is 2.70. The molecule has 0 amide bonds. The van der Waals surface area contributed by atoms with Crippen molar-refractivity contribution < 1.29 is 0 Å². The molecule has 1 fully saturated rings. The van der Waals surface area contributed by atoms with Crippen molar-refractivity contribution in [3.63, 3.8) is 0 Å². The SMILES string of the molecule is CCC(C)(C)NCCN(C)C1CCSC1. The van der Waals surface area contributed by atoms with E-state index in [4.69, 9.17) is 0 Å². The number of thioether (sulfide) groups is 1. The summed E-state index contributed by atoms with van der Waals surface area (Å²) in [6, 6.07) is 0.821. The Morgan fingerprint density at radius 2 is 2.20 bits per heavy atom. The second-order valence-electron chi connectivity index (χ2n) is 5.16. The van der Waals surface area contributed by atoms with Crippen molar-refractivity contribution in [2.24, 2.45) is 0 Å². The van der Waals surface area contributed by atoms with Gasteiger partial charge in [-0.15, -0.1) is 0 Å². The van der Waals surface area contributed by atoms with Crippen LogP contribution in [0.15, 0.2) is 0 Å². The highest BCUT2D eigenvalue weighted by atomic mass is 32.2. The second kappa shape index (κ2) is 6.12. The summed E-state index contributed by atoms with van der Waals surface area (Å²) in [6.45, 7) is 9.08. The van der Waals surface area contributed by atoms with E-state index in [1.54, 1.807) is 0 Å². The van der Waals surface area contributed by atoms with Crippen molar-refractivity contribution in [1.29, 1.82) is 0 Å². The van der Waals surface area contributed by atoms with Gasteiger partial charge in [-0.05, 0) is 39.5 Å². The van der Waals surface area contributed by atoms with Crippen LogP contribution in [0.25, 0.3) is 0 Å². The Morgan fingerprint density at radius 3 is 2.73 bits per heavy atom. The Kier molecular flexibility index (Phi) is 5.44. The topological polar surface area (TPSA) is 15.3 Å². The van der Waals surface area contributed by atoms with E-state index in [-0.39, 0.29) is 0 Å². The second-order valence-corrected chi connectivity index (χ2v) is 6.31. The number of hydrogen-bond acceptors (Lipinski definition) is 3. The first-order chi connectivity index (χ1) is 7.05. The lowest BCUT2D eigenvalue weighted by Gasteiger charge is -2.28. The van der Waals surface area contributed by atoms with Crippen molar-refractivity contribution in [2.75, 3.05) is 31.6 Å². The fraction of sp³-hybridized carbons (Fsp3) is 1.00. The zero-order valence-corrected chi connectivity index (χ0v) is 11.5. The highest BCUT2D eigenvalue weighted by molar-refractivity contribution is 7.99. The summed E-state index contributed by atoms with van der Waals surface area (Å²) in [5, 5.41) is 3.61. The van der Waals surface area contributed by atoms with Crippen LogP contribution < -0.4 is 5.32 Å². The number of nitrogens with zero attached hydrogens (tertiary/aromatic N) is 1. The first-order valence-electron chi connectivity index (χ1n) is 6.08. The number of hydrogen-bond donors (Lipinski definition) is 1. The molecule has 0 saturated carbocycles. The van der Waals surface area contributed by atoms with Crippen LogP contribution in [0, 0.1) is 0 Å². The van der Waals surface area contributed by atoms with E-state index >= 15 is 0 Å². The minimum absolute atomic E-state index is 0.297. The Balaban J connectivity index is 2.13. The molecule has 1 aliphatic rings. The molecule has 0 bridgehead atoms. The molecule has 0 radical (unpaired) electrons. The van der Waals surface area contributed by atoms with E-state index in [9.17, 15) is 0 Å². The molecule has 1 rings (SSSR count). The summed E-state index contributed by atoms with van der Waals surface area (Å²) in [5.41, 5.74) is 0.297. The molecule has 0 aliphatic carbocycles. The van der Waals surface area contributed by atoms with Crippen LogP contribution in [0.3, 0.4) is 0 Å². The molecule has 1 N–H and O–H groups in total. The van der Waals surface area contributed by atoms with Crippen LogP contribution in [0.1, 0.15) is 33.6 Å². The summed E-state index contributed by atoms with van der Waals surface area (Å²) >= 11 is 2.09. The molecule has 1 aliphatic heterocycles. The average molecular weight is 230 g/mol. The van der Waals surface area contributed by atoms with E-state index < -0.39 is 0 Å². The third-order valence-electron chi connectivity index (χ3n) is 3.48. The van der Waals surface area contributed by atoms with Gasteiger partial charge >= 0.3 is 0 Å². The van der Waals surface area contributed by atoms with Crippen LogP contribution in [-0.4, -0.2) is 48.1 Å². The molecule has 0 aromatic heterocycles. The van der Waals surface area contributed by atoms with Gasteiger partial charge in [-0.25, -0.2) is 0 Å². The normalized spacial score (nSPS) is 22.6. The van der Waals surface area contributed by atoms with E-state index in [2.05, 4.69) is 49.8 Å². The Morgan fingerprint density at radius 1 is 1.47 bits per heavy atom. The van der Waals surface area contributed by atoms with Gasteiger partial charge < -0.3 is 10.2 Å². The first-order valence-corrected chi connectivity index (χ1v) is 7.23. The fourth-order valence-corrected chi connectivity index (χ4v) is 3.05. The quantitative estimate of drug-likeness (QED) is 0.753. The van der Waals surface area contributed by atoms with Gasteiger partial charge in [0.1, 0.15) is 0 Å². The van der Waals surface area contributed by atoms with E-state index in [0.29, 0.717) is 5.54 Å². The standard InChI is InChI=1S/C12H26N2S/c1-5-12(2,3)13-7-8-14(4)11-6-9-15-10-11/h11,13H,5-10H2,1-4H3. The van der Waals surface area contributed by atoms with Gasteiger partial charge in [-0.1, -0.05) is 6.92 Å². The van der Waals surface area contributed by atoms with Gasteiger partial charge in [0, 0.05) is 30.4 Å². The molecule has 15 heavy (non-hydrogen) atoms. The molecule has 0 aromatic carbocycles. The predicted octanol–water partition coefficient (Wildman–Crippen LogP) is 2.20. The molecule has 90 valence electrons. The fourth-order valence-electron chi connectivity index (χ4n) is 1.75. The highest BCUT2D eigenvalue weighted by Crippen LogP contribution is 2.20. The number of nitrogens with one attached hydrogen (secondary N) is 1. The summed E-state index contributed by atoms with van der Waals surface area (Å²) in [4.78, 5) is 2.51. The maximum Gasteiger partial charge on any atom is 0.0191 e. The molecule has 3 heteroatoms. The molecule has 1 unspecified atom stereocenters. The van der Waals surface area contributed by atoms with Crippen LogP contribution in [-0.2, 0) is 0 Å². The van der Waals surface area contributed by atoms with E-state index in [1.165, 1.54) is 30.9 Å². The van der Waals surface area contributed by atoms with E-state index in [0.717, 1.165) is 12.6 Å². The van der Waals surface area contributed by atoms with E-state index in [1.807, 2.05) is 0 Å².